The Hall–Kier alpha value is -1.62. The summed E-state index contributed by atoms with van der Waals surface area (Å²) in [7, 11) is 0. The predicted molar refractivity (Wildman–Crippen MR) is 70.2 cm³/mol. The fraction of sp³-hybridized carbons (Fsp3) is 0.167. The molecule has 0 amide bonds. The maximum atomic E-state index is 10.8. The van der Waals surface area contributed by atoms with Crippen molar-refractivity contribution in [3.8, 4) is 0 Å². The number of halogens is 1. The van der Waals surface area contributed by atoms with Gasteiger partial charge in [0.15, 0.2) is 0 Å². The number of aliphatic carboxylic acids is 1. The standard InChI is InChI=1S/C12H11BrN2O2/c1-7(12(16)17)15-10-6-9(13)5-8-3-2-4-14-11(8)10/h2-7,15H,1H3,(H,16,17)/t7-/m0/s1. The third kappa shape index (κ3) is 2.55. The van der Waals surface area contributed by atoms with Gasteiger partial charge in [0, 0.05) is 16.1 Å². The van der Waals surface area contributed by atoms with Crippen LogP contribution in [0.5, 0.6) is 0 Å². The Morgan fingerprint density at radius 3 is 3.00 bits per heavy atom. The van der Waals surface area contributed by atoms with E-state index < -0.39 is 12.0 Å². The summed E-state index contributed by atoms with van der Waals surface area (Å²) in [5, 5.41) is 12.8. The first-order chi connectivity index (χ1) is 8.08. The lowest BCUT2D eigenvalue weighted by Gasteiger charge is -2.13. The number of pyridine rings is 1. The molecule has 0 bridgehead atoms. The first-order valence-corrected chi connectivity index (χ1v) is 5.91. The second kappa shape index (κ2) is 4.71. The molecule has 0 spiro atoms. The lowest BCUT2D eigenvalue weighted by Crippen LogP contribution is -2.25. The van der Waals surface area contributed by atoms with Crippen molar-refractivity contribution in [2.24, 2.45) is 0 Å². The van der Waals surface area contributed by atoms with Gasteiger partial charge in [-0.2, -0.15) is 0 Å². The van der Waals surface area contributed by atoms with Crippen molar-refractivity contribution in [1.82, 2.24) is 4.98 Å². The molecule has 2 aromatic rings. The zero-order chi connectivity index (χ0) is 12.4. The van der Waals surface area contributed by atoms with Crippen LogP contribution in [0, 0.1) is 0 Å². The highest BCUT2D eigenvalue weighted by Crippen LogP contribution is 2.26. The lowest BCUT2D eigenvalue weighted by atomic mass is 10.2. The van der Waals surface area contributed by atoms with Crippen molar-refractivity contribution in [3.63, 3.8) is 0 Å². The van der Waals surface area contributed by atoms with Gasteiger partial charge < -0.3 is 10.4 Å². The second-order valence-electron chi connectivity index (χ2n) is 3.73. The molecule has 0 saturated heterocycles. The lowest BCUT2D eigenvalue weighted by molar-refractivity contribution is -0.137. The van der Waals surface area contributed by atoms with E-state index in [2.05, 4.69) is 26.2 Å². The molecule has 17 heavy (non-hydrogen) atoms. The minimum Gasteiger partial charge on any atom is -0.480 e. The fourth-order valence-electron chi connectivity index (χ4n) is 1.56. The summed E-state index contributed by atoms with van der Waals surface area (Å²) in [4.78, 5) is 15.1. The van der Waals surface area contributed by atoms with Crippen LogP contribution in [-0.4, -0.2) is 22.1 Å². The number of aromatic nitrogens is 1. The number of rotatable bonds is 3. The van der Waals surface area contributed by atoms with E-state index >= 15 is 0 Å². The molecule has 0 aliphatic heterocycles. The van der Waals surface area contributed by atoms with E-state index in [0.29, 0.717) is 5.69 Å². The molecular formula is C12H11BrN2O2. The number of benzene rings is 1. The van der Waals surface area contributed by atoms with Gasteiger partial charge >= 0.3 is 5.97 Å². The van der Waals surface area contributed by atoms with Crippen molar-refractivity contribution in [3.05, 3.63) is 34.9 Å². The van der Waals surface area contributed by atoms with Gasteiger partial charge in [-0.15, -0.1) is 0 Å². The highest BCUT2D eigenvalue weighted by atomic mass is 79.9. The number of carbonyl (C=O) groups is 1. The Morgan fingerprint density at radius 2 is 2.29 bits per heavy atom. The van der Waals surface area contributed by atoms with E-state index in [1.165, 1.54) is 0 Å². The number of nitrogens with one attached hydrogen (secondary N) is 1. The molecular weight excluding hydrogens is 284 g/mol. The average Bonchev–Trinajstić information content (AvgIpc) is 2.28. The van der Waals surface area contributed by atoms with E-state index in [1.54, 1.807) is 13.1 Å². The van der Waals surface area contributed by atoms with Gasteiger partial charge in [0.1, 0.15) is 6.04 Å². The fourth-order valence-corrected chi connectivity index (χ4v) is 2.04. The highest BCUT2D eigenvalue weighted by molar-refractivity contribution is 9.10. The van der Waals surface area contributed by atoms with Crippen molar-refractivity contribution < 1.29 is 9.90 Å². The SMILES string of the molecule is C[C@H](Nc1cc(Br)cc2cccnc12)C(=O)O. The molecule has 0 radical (unpaired) electrons. The number of hydrogen-bond acceptors (Lipinski definition) is 3. The molecule has 1 aromatic carbocycles. The van der Waals surface area contributed by atoms with Crippen molar-refractivity contribution in [1.29, 1.82) is 0 Å². The first kappa shape index (κ1) is 11.9. The van der Waals surface area contributed by atoms with E-state index in [4.69, 9.17) is 5.11 Å². The maximum Gasteiger partial charge on any atom is 0.325 e. The zero-order valence-corrected chi connectivity index (χ0v) is 10.7. The molecule has 2 N–H and O–H groups in total. The highest BCUT2D eigenvalue weighted by Gasteiger charge is 2.12. The minimum absolute atomic E-state index is 0.658. The third-order valence-electron chi connectivity index (χ3n) is 2.41. The minimum atomic E-state index is -0.894. The first-order valence-electron chi connectivity index (χ1n) is 5.11. The number of carboxylic acids is 1. The largest absolute Gasteiger partial charge is 0.480 e. The van der Waals surface area contributed by atoms with Gasteiger partial charge in [-0.3, -0.25) is 9.78 Å². The molecule has 0 fully saturated rings. The van der Waals surface area contributed by atoms with Crippen LogP contribution in [0.25, 0.3) is 10.9 Å². The molecule has 4 nitrogen and oxygen atoms in total. The summed E-state index contributed by atoms with van der Waals surface area (Å²) in [5.74, 6) is -0.894. The van der Waals surface area contributed by atoms with Crippen molar-refractivity contribution in [2.45, 2.75) is 13.0 Å². The molecule has 0 aliphatic rings. The van der Waals surface area contributed by atoms with Gasteiger partial charge in [-0.1, -0.05) is 22.0 Å². The van der Waals surface area contributed by atoms with E-state index in [0.717, 1.165) is 15.4 Å². The molecule has 1 aromatic heterocycles. The normalized spacial score (nSPS) is 12.4. The Labute approximate surface area is 107 Å². The van der Waals surface area contributed by atoms with Crippen molar-refractivity contribution in [2.75, 3.05) is 5.32 Å². The molecule has 1 atom stereocenters. The van der Waals surface area contributed by atoms with Gasteiger partial charge in [-0.05, 0) is 25.1 Å². The topological polar surface area (TPSA) is 62.2 Å². The van der Waals surface area contributed by atoms with E-state index in [9.17, 15) is 4.79 Å². The Balaban J connectivity index is 2.49. The molecule has 0 saturated carbocycles. The number of nitrogens with zero attached hydrogens (tertiary/aromatic N) is 1. The van der Waals surface area contributed by atoms with Crippen LogP contribution in [0.15, 0.2) is 34.9 Å². The van der Waals surface area contributed by atoms with Crippen LogP contribution in [0.1, 0.15) is 6.92 Å². The number of carboxylic acid groups (broad SMARTS) is 1. The molecule has 1 heterocycles. The summed E-state index contributed by atoms with van der Waals surface area (Å²) in [5.41, 5.74) is 1.48. The summed E-state index contributed by atoms with van der Waals surface area (Å²) >= 11 is 3.40. The number of fused-ring (bicyclic) bond motifs is 1. The van der Waals surface area contributed by atoms with Gasteiger partial charge in [0.25, 0.3) is 0 Å². The Bertz CT molecular complexity index is 571. The van der Waals surface area contributed by atoms with Gasteiger partial charge in [-0.25, -0.2) is 0 Å². The van der Waals surface area contributed by atoms with Crippen LogP contribution in [0.4, 0.5) is 5.69 Å². The van der Waals surface area contributed by atoms with Crippen molar-refractivity contribution >= 4 is 38.5 Å². The van der Waals surface area contributed by atoms with Crippen LogP contribution in [0.3, 0.4) is 0 Å². The summed E-state index contributed by atoms with van der Waals surface area (Å²) in [6.07, 6.45) is 1.69. The van der Waals surface area contributed by atoms with Crippen LogP contribution < -0.4 is 5.32 Å². The van der Waals surface area contributed by atoms with Crippen LogP contribution >= 0.6 is 15.9 Å². The maximum absolute atomic E-state index is 10.8. The van der Waals surface area contributed by atoms with Crippen LogP contribution in [-0.2, 0) is 4.79 Å². The quantitative estimate of drug-likeness (QED) is 0.914. The average molecular weight is 295 g/mol. The molecule has 0 unspecified atom stereocenters. The molecule has 5 heteroatoms. The summed E-state index contributed by atoms with van der Waals surface area (Å²) in [6, 6.07) is 6.89. The Kier molecular flexibility index (Phi) is 3.28. The monoisotopic (exact) mass is 294 g/mol. The van der Waals surface area contributed by atoms with Gasteiger partial charge in [0.05, 0.1) is 11.2 Å². The smallest absolute Gasteiger partial charge is 0.325 e. The zero-order valence-electron chi connectivity index (χ0n) is 9.14. The molecule has 0 aliphatic carbocycles. The van der Waals surface area contributed by atoms with Gasteiger partial charge in [0.2, 0.25) is 0 Å². The summed E-state index contributed by atoms with van der Waals surface area (Å²) < 4.78 is 0.887. The second-order valence-corrected chi connectivity index (χ2v) is 4.65. The van der Waals surface area contributed by atoms with E-state index in [-0.39, 0.29) is 0 Å². The van der Waals surface area contributed by atoms with Crippen LogP contribution in [0.2, 0.25) is 0 Å². The third-order valence-corrected chi connectivity index (χ3v) is 2.87. The number of hydrogen-bond donors (Lipinski definition) is 2. The predicted octanol–water partition coefficient (Wildman–Crippen LogP) is 2.88. The Morgan fingerprint density at radius 1 is 1.53 bits per heavy atom. The number of anilines is 1. The summed E-state index contributed by atoms with van der Waals surface area (Å²) in [6.45, 7) is 1.60. The molecule has 88 valence electrons. The molecule has 2 rings (SSSR count). The van der Waals surface area contributed by atoms with E-state index in [1.807, 2.05) is 24.3 Å².